The summed E-state index contributed by atoms with van der Waals surface area (Å²) in [5.41, 5.74) is 0. The average Bonchev–Trinajstić information content (AvgIpc) is 2.17. The molecule has 0 unspecified atom stereocenters. The minimum atomic E-state index is -1.02. The molecule has 5 nitrogen and oxygen atoms in total. The van der Waals surface area contributed by atoms with E-state index >= 15 is 0 Å². The molecule has 0 aliphatic carbocycles. The Morgan fingerprint density at radius 1 is 1.53 bits per heavy atom. The molecule has 0 aliphatic heterocycles. The van der Waals surface area contributed by atoms with Crippen LogP contribution in [0.2, 0.25) is 0 Å². The maximum Gasteiger partial charge on any atom is 0.326 e. The molecule has 15 heavy (non-hydrogen) atoms. The molecule has 5 heteroatoms. The van der Waals surface area contributed by atoms with Crippen molar-refractivity contribution >= 4 is 12.0 Å². The first-order chi connectivity index (χ1) is 7.11. The number of carbonyl (C=O) groups excluding carboxylic acids is 1. The second-order valence-electron chi connectivity index (χ2n) is 3.03. The van der Waals surface area contributed by atoms with Gasteiger partial charge in [-0.25, -0.2) is 9.59 Å². The number of nitrogens with one attached hydrogen (secondary N) is 2. The summed E-state index contributed by atoms with van der Waals surface area (Å²) in [4.78, 5) is 21.8. The minimum Gasteiger partial charge on any atom is -0.480 e. The van der Waals surface area contributed by atoms with Gasteiger partial charge in [0.25, 0.3) is 0 Å². The highest BCUT2D eigenvalue weighted by molar-refractivity contribution is 5.82. The van der Waals surface area contributed by atoms with Crippen LogP contribution in [-0.2, 0) is 4.79 Å². The topological polar surface area (TPSA) is 78.4 Å². The van der Waals surface area contributed by atoms with E-state index in [1.807, 2.05) is 6.92 Å². The fraction of sp³-hybridized carbons (Fsp3) is 0.600. The van der Waals surface area contributed by atoms with Crippen molar-refractivity contribution in [3.05, 3.63) is 0 Å². The SMILES string of the molecule is C#CCCNC(=O)N[C@H](CCC)C(=O)O. The molecule has 0 bridgehead atoms. The number of terminal acetylenes is 1. The van der Waals surface area contributed by atoms with Crippen molar-refractivity contribution in [2.24, 2.45) is 0 Å². The fourth-order valence-electron chi connectivity index (χ4n) is 1.00. The molecule has 84 valence electrons. The minimum absolute atomic E-state index is 0.348. The second kappa shape index (κ2) is 7.68. The van der Waals surface area contributed by atoms with Crippen LogP contribution in [0.1, 0.15) is 26.2 Å². The average molecular weight is 212 g/mol. The number of amides is 2. The lowest BCUT2D eigenvalue weighted by Gasteiger charge is -2.13. The zero-order valence-electron chi connectivity index (χ0n) is 8.75. The van der Waals surface area contributed by atoms with Crippen molar-refractivity contribution in [3.63, 3.8) is 0 Å². The predicted molar refractivity (Wildman–Crippen MR) is 56.3 cm³/mol. The van der Waals surface area contributed by atoms with Gasteiger partial charge in [0.2, 0.25) is 0 Å². The second-order valence-corrected chi connectivity index (χ2v) is 3.03. The van der Waals surface area contributed by atoms with Crippen molar-refractivity contribution in [1.82, 2.24) is 10.6 Å². The van der Waals surface area contributed by atoms with Crippen molar-refractivity contribution in [3.8, 4) is 12.3 Å². The summed E-state index contributed by atoms with van der Waals surface area (Å²) in [6.45, 7) is 2.20. The number of carboxylic acids is 1. The summed E-state index contributed by atoms with van der Waals surface area (Å²) >= 11 is 0. The lowest BCUT2D eigenvalue weighted by atomic mass is 10.2. The maximum absolute atomic E-state index is 11.2. The van der Waals surface area contributed by atoms with E-state index in [0.717, 1.165) is 0 Å². The van der Waals surface area contributed by atoms with Gasteiger partial charge < -0.3 is 15.7 Å². The first kappa shape index (κ1) is 13.3. The highest BCUT2D eigenvalue weighted by Gasteiger charge is 2.17. The summed E-state index contributed by atoms with van der Waals surface area (Å²) < 4.78 is 0. The van der Waals surface area contributed by atoms with Crippen molar-refractivity contribution in [2.45, 2.75) is 32.2 Å². The highest BCUT2D eigenvalue weighted by atomic mass is 16.4. The number of hydrogen-bond acceptors (Lipinski definition) is 2. The Labute approximate surface area is 89.2 Å². The number of aliphatic carboxylic acids is 1. The van der Waals surface area contributed by atoms with E-state index in [1.165, 1.54) is 0 Å². The lowest BCUT2D eigenvalue weighted by molar-refractivity contribution is -0.139. The van der Waals surface area contributed by atoms with Gasteiger partial charge in [-0.05, 0) is 6.42 Å². The third kappa shape index (κ3) is 6.38. The van der Waals surface area contributed by atoms with Crippen molar-refractivity contribution in [2.75, 3.05) is 6.54 Å². The molecule has 0 spiro atoms. The van der Waals surface area contributed by atoms with E-state index < -0.39 is 18.0 Å². The van der Waals surface area contributed by atoms with Crippen LogP contribution in [0.25, 0.3) is 0 Å². The monoisotopic (exact) mass is 212 g/mol. The Morgan fingerprint density at radius 3 is 2.67 bits per heavy atom. The molecule has 0 fully saturated rings. The van der Waals surface area contributed by atoms with Crippen molar-refractivity contribution < 1.29 is 14.7 Å². The molecule has 0 aromatic carbocycles. The largest absolute Gasteiger partial charge is 0.480 e. The molecule has 0 aromatic heterocycles. The molecule has 0 aliphatic rings. The van der Waals surface area contributed by atoms with Gasteiger partial charge in [-0.2, -0.15) is 0 Å². The Balaban J connectivity index is 3.90. The van der Waals surface area contributed by atoms with Crippen molar-refractivity contribution in [1.29, 1.82) is 0 Å². The predicted octanol–water partition coefficient (Wildman–Crippen LogP) is 0.562. The zero-order valence-corrected chi connectivity index (χ0v) is 8.75. The maximum atomic E-state index is 11.2. The van der Waals surface area contributed by atoms with E-state index in [4.69, 9.17) is 11.5 Å². The quantitative estimate of drug-likeness (QED) is 0.444. The number of carbonyl (C=O) groups is 2. The molecule has 0 aromatic rings. The van der Waals surface area contributed by atoms with Crippen LogP contribution in [0.5, 0.6) is 0 Å². The number of rotatable bonds is 6. The number of urea groups is 1. The van der Waals surface area contributed by atoms with Crippen LogP contribution in [0.3, 0.4) is 0 Å². The summed E-state index contributed by atoms with van der Waals surface area (Å²) in [6.07, 6.45) is 6.54. The van der Waals surface area contributed by atoms with Gasteiger partial charge in [0.05, 0.1) is 0 Å². The van der Waals surface area contributed by atoms with Crippen LogP contribution >= 0.6 is 0 Å². The van der Waals surface area contributed by atoms with Crippen LogP contribution in [0.4, 0.5) is 4.79 Å². The van der Waals surface area contributed by atoms with Crippen LogP contribution < -0.4 is 10.6 Å². The Kier molecular flexibility index (Phi) is 6.81. The van der Waals surface area contributed by atoms with Gasteiger partial charge in [-0.1, -0.05) is 13.3 Å². The van der Waals surface area contributed by atoms with E-state index in [0.29, 0.717) is 25.8 Å². The van der Waals surface area contributed by atoms with Crippen LogP contribution in [0.15, 0.2) is 0 Å². The molecular weight excluding hydrogens is 196 g/mol. The van der Waals surface area contributed by atoms with E-state index in [9.17, 15) is 9.59 Å². The van der Waals surface area contributed by atoms with Crippen LogP contribution in [-0.4, -0.2) is 29.7 Å². The summed E-state index contributed by atoms with van der Waals surface area (Å²) in [5, 5.41) is 13.6. The van der Waals surface area contributed by atoms with Gasteiger partial charge in [-0.3, -0.25) is 0 Å². The van der Waals surface area contributed by atoms with Crippen LogP contribution in [0, 0.1) is 12.3 Å². The standard InChI is InChI=1S/C10H16N2O3/c1-3-5-7-11-10(15)12-8(6-4-2)9(13)14/h1,8H,4-7H2,2H3,(H,13,14)(H2,11,12,15)/t8-/m1/s1. The van der Waals surface area contributed by atoms with E-state index in [-0.39, 0.29) is 0 Å². The lowest BCUT2D eigenvalue weighted by Crippen LogP contribution is -2.46. The molecule has 0 saturated carbocycles. The third-order valence-electron chi connectivity index (χ3n) is 1.74. The molecule has 0 rings (SSSR count). The molecule has 0 heterocycles. The fourth-order valence-corrected chi connectivity index (χ4v) is 1.00. The summed E-state index contributed by atoms with van der Waals surface area (Å²) in [7, 11) is 0. The Bertz CT molecular complexity index is 258. The molecule has 1 atom stereocenters. The Hall–Kier alpha value is -1.70. The van der Waals surface area contributed by atoms with E-state index in [2.05, 4.69) is 16.6 Å². The third-order valence-corrected chi connectivity index (χ3v) is 1.74. The normalized spacial score (nSPS) is 11.2. The summed E-state index contributed by atoms with van der Waals surface area (Å²) in [5.74, 6) is 1.34. The Morgan fingerprint density at radius 2 is 2.20 bits per heavy atom. The molecular formula is C10H16N2O3. The number of hydrogen-bond donors (Lipinski definition) is 3. The summed E-state index contributed by atoms with van der Waals surface area (Å²) in [6, 6.07) is -1.33. The van der Waals surface area contributed by atoms with Gasteiger partial charge in [0.1, 0.15) is 6.04 Å². The smallest absolute Gasteiger partial charge is 0.326 e. The molecule has 0 radical (unpaired) electrons. The highest BCUT2D eigenvalue weighted by Crippen LogP contribution is 1.96. The zero-order chi connectivity index (χ0) is 11.7. The van der Waals surface area contributed by atoms with E-state index in [1.54, 1.807) is 0 Å². The molecule has 0 saturated heterocycles. The van der Waals surface area contributed by atoms with Gasteiger partial charge in [0, 0.05) is 13.0 Å². The van der Waals surface area contributed by atoms with Gasteiger partial charge in [-0.15, -0.1) is 12.3 Å². The first-order valence-electron chi connectivity index (χ1n) is 4.82. The molecule has 3 N–H and O–H groups in total. The first-order valence-corrected chi connectivity index (χ1v) is 4.82. The number of carboxylic acid groups (broad SMARTS) is 1. The van der Waals surface area contributed by atoms with Gasteiger partial charge >= 0.3 is 12.0 Å². The van der Waals surface area contributed by atoms with Gasteiger partial charge in [0.15, 0.2) is 0 Å². The molecule has 2 amide bonds.